The summed E-state index contributed by atoms with van der Waals surface area (Å²) in [5.74, 6) is 0.249. The van der Waals surface area contributed by atoms with Crippen LogP contribution in [0.3, 0.4) is 0 Å². The third kappa shape index (κ3) is 2.36. The minimum absolute atomic E-state index is 0.0903. The van der Waals surface area contributed by atoms with E-state index < -0.39 is 6.10 Å². The van der Waals surface area contributed by atoms with Gasteiger partial charge >= 0.3 is 0 Å². The van der Waals surface area contributed by atoms with Crippen molar-refractivity contribution < 1.29 is 14.6 Å². The van der Waals surface area contributed by atoms with Gasteiger partial charge < -0.3 is 20.1 Å². The lowest BCUT2D eigenvalue weighted by atomic mass is 10.1. The zero-order valence-corrected chi connectivity index (χ0v) is 9.69. The highest BCUT2D eigenvalue weighted by Crippen LogP contribution is 2.19. The number of rotatable bonds is 3. The number of carbonyl (C=O) groups excluding carboxylic acids is 1. The van der Waals surface area contributed by atoms with Crippen LogP contribution in [0, 0.1) is 5.92 Å². The highest BCUT2D eigenvalue weighted by atomic mass is 16.5. The number of nitrogens with one attached hydrogen (secondary N) is 1. The molecule has 0 bridgehead atoms. The van der Waals surface area contributed by atoms with Gasteiger partial charge in [0.05, 0.1) is 12.0 Å². The van der Waals surface area contributed by atoms with Crippen LogP contribution in [0.5, 0.6) is 0 Å². The van der Waals surface area contributed by atoms with Crippen molar-refractivity contribution in [3.63, 3.8) is 0 Å². The maximum atomic E-state index is 12.1. The van der Waals surface area contributed by atoms with Gasteiger partial charge in [0.25, 0.3) is 0 Å². The number of aliphatic hydroxyl groups excluding tert-OH is 1. The van der Waals surface area contributed by atoms with Crippen LogP contribution in [0.15, 0.2) is 0 Å². The minimum atomic E-state index is -0.529. The zero-order valence-electron chi connectivity index (χ0n) is 9.69. The average molecular weight is 228 g/mol. The quantitative estimate of drug-likeness (QED) is 0.664. The zero-order chi connectivity index (χ0) is 11.5. The molecule has 0 aromatic carbocycles. The molecule has 2 fully saturated rings. The summed E-state index contributed by atoms with van der Waals surface area (Å²) in [6, 6.07) is 0. The van der Waals surface area contributed by atoms with Crippen LogP contribution in [0.2, 0.25) is 0 Å². The molecule has 0 radical (unpaired) electrons. The summed E-state index contributed by atoms with van der Waals surface area (Å²) in [7, 11) is 0. The van der Waals surface area contributed by atoms with Gasteiger partial charge in [-0.05, 0) is 19.9 Å². The van der Waals surface area contributed by atoms with E-state index in [0.717, 1.165) is 19.5 Å². The molecule has 0 saturated carbocycles. The summed E-state index contributed by atoms with van der Waals surface area (Å²) in [6.45, 7) is 5.11. The van der Waals surface area contributed by atoms with E-state index in [0.29, 0.717) is 19.7 Å². The fourth-order valence-corrected chi connectivity index (χ4v) is 2.44. The summed E-state index contributed by atoms with van der Waals surface area (Å²) in [4.78, 5) is 13.8. The Labute approximate surface area is 95.8 Å². The highest BCUT2D eigenvalue weighted by molar-refractivity contribution is 5.79. The van der Waals surface area contributed by atoms with Gasteiger partial charge in [-0.3, -0.25) is 4.79 Å². The number of likely N-dealkylation sites (tertiary alicyclic amines) is 1. The van der Waals surface area contributed by atoms with Gasteiger partial charge in [-0.2, -0.15) is 0 Å². The largest absolute Gasteiger partial charge is 0.388 e. The molecule has 0 aromatic heterocycles. The molecule has 2 aliphatic heterocycles. The van der Waals surface area contributed by atoms with Crippen LogP contribution in [0.1, 0.15) is 13.3 Å². The average Bonchev–Trinajstić information content (AvgIpc) is 2.88. The second-order valence-corrected chi connectivity index (χ2v) is 4.49. The molecule has 2 saturated heterocycles. The van der Waals surface area contributed by atoms with Crippen LogP contribution in [-0.2, 0) is 9.53 Å². The second kappa shape index (κ2) is 5.12. The lowest BCUT2D eigenvalue weighted by molar-refractivity contribution is -0.134. The van der Waals surface area contributed by atoms with Crippen molar-refractivity contribution in [2.24, 2.45) is 5.92 Å². The first-order chi connectivity index (χ1) is 7.72. The van der Waals surface area contributed by atoms with E-state index in [9.17, 15) is 9.90 Å². The molecular formula is C11H20N2O3. The molecule has 2 rings (SSSR count). The van der Waals surface area contributed by atoms with E-state index >= 15 is 0 Å². The Balaban J connectivity index is 1.88. The highest BCUT2D eigenvalue weighted by Gasteiger charge is 2.37. The van der Waals surface area contributed by atoms with E-state index in [1.165, 1.54) is 0 Å². The summed E-state index contributed by atoms with van der Waals surface area (Å²) >= 11 is 0. The Hall–Kier alpha value is -0.650. The topological polar surface area (TPSA) is 61.8 Å². The van der Waals surface area contributed by atoms with Crippen LogP contribution >= 0.6 is 0 Å². The van der Waals surface area contributed by atoms with Gasteiger partial charge in [0, 0.05) is 26.2 Å². The van der Waals surface area contributed by atoms with Crippen molar-refractivity contribution in [3.05, 3.63) is 0 Å². The molecule has 5 nitrogen and oxygen atoms in total. The van der Waals surface area contributed by atoms with Gasteiger partial charge in [0.2, 0.25) is 5.91 Å². The number of nitrogens with zero attached hydrogens (tertiary/aromatic N) is 1. The molecule has 92 valence electrons. The van der Waals surface area contributed by atoms with Crippen LogP contribution < -0.4 is 5.32 Å². The number of ether oxygens (including phenoxy) is 1. The number of β-amino-alcohol motifs (C(OH)–C–C–N with tert-alkyl or cyclic N) is 1. The van der Waals surface area contributed by atoms with E-state index in [1.54, 1.807) is 4.90 Å². The number of hydrogen-bond donors (Lipinski definition) is 2. The monoisotopic (exact) mass is 228 g/mol. The lowest BCUT2D eigenvalue weighted by Crippen LogP contribution is -2.36. The van der Waals surface area contributed by atoms with Crippen molar-refractivity contribution in [2.75, 3.05) is 32.8 Å². The van der Waals surface area contributed by atoms with E-state index in [2.05, 4.69) is 5.32 Å². The van der Waals surface area contributed by atoms with Crippen LogP contribution in [0.25, 0.3) is 0 Å². The van der Waals surface area contributed by atoms with Gasteiger partial charge in [0.1, 0.15) is 6.10 Å². The Bertz CT molecular complexity index is 254. The molecule has 0 aromatic rings. The smallest absolute Gasteiger partial charge is 0.227 e. The molecule has 3 unspecified atom stereocenters. The SMILES string of the molecule is CCOC1CN(C(=O)C2CCNC2)CC1O. The molecular weight excluding hydrogens is 208 g/mol. The van der Waals surface area contributed by atoms with E-state index in [-0.39, 0.29) is 17.9 Å². The predicted molar refractivity (Wildman–Crippen MR) is 59.0 cm³/mol. The van der Waals surface area contributed by atoms with Crippen molar-refractivity contribution in [2.45, 2.75) is 25.6 Å². The number of amides is 1. The Morgan fingerprint density at radius 3 is 3.00 bits per heavy atom. The maximum Gasteiger partial charge on any atom is 0.227 e. The summed E-state index contributed by atoms with van der Waals surface area (Å²) in [5.41, 5.74) is 0. The lowest BCUT2D eigenvalue weighted by Gasteiger charge is -2.19. The van der Waals surface area contributed by atoms with Crippen molar-refractivity contribution in [1.82, 2.24) is 10.2 Å². The van der Waals surface area contributed by atoms with Gasteiger partial charge in [-0.25, -0.2) is 0 Å². The first-order valence-electron chi connectivity index (χ1n) is 6.01. The van der Waals surface area contributed by atoms with Crippen molar-refractivity contribution in [3.8, 4) is 0 Å². The standard InChI is InChI=1S/C11H20N2O3/c1-2-16-10-7-13(6-9(10)14)11(15)8-3-4-12-5-8/h8-10,12,14H,2-7H2,1H3. The third-order valence-electron chi connectivity index (χ3n) is 3.34. The van der Waals surface area contributed by atoms with Crippen LogP contribution in [-0.4, -0.2) is 60.9 Å². The first kappa shape index (κ1) is 11.8. The number of carbonyl (C=O) groups is 1. The molecule has 2 aliphatic rings. The summed E-state index contributed by atoms with van der Waals surface area (Å²) in [6.07, 6.45) is 0.173. The summed E-state index contributed by atoms with van der Waals surface area (Å²) in [5, 5.41) is 12.9. The minimum Gasteiger partial charge on any atom is -0.388 e. The molecule has 3 atom stereocenters. The van der Waals surface area contributed by atoms with Gasteiger partial charge in [-0.1, -0.05) is 0 Å². The van der Waals surface area contributed by atoms with Crippen molar-refractivity contribution in [1.29, 1.82) is 0 Å². The predicted octanol–water partition coefficient (Wildman–Crippen LogP) is -0.796. The number of aliphatic hydroxyl groups is 1. The fraction of sp³-hybridized carbons (Fsp3) is 0.909. The molecule has 2 heterocycles. The van der Waals surface area contributed by atoms with E-state index in [4.69, 9.17) is 4.74 Å². The van der Waals surface area contributed by atoms with Gasteiger partial charge in [0.15, 0.2) is 0 Å². The van der Waals surface area contributed by atoms with E-state index in [1.807, 2.05) is 6.92 Å². The molecule has 2 N–H and O–H groups in total. The first-order valence-corrected chi connectivity index (χ1v) is 6.01. The normalized spacial score (nSPS) is 34.6. The Morgan fingerprint density at radius 1 is 1.56 bits per heavy atom. The maximum absolute atomic E-state index is 12.1. The fourth-order valence-electron chi connectivity index (χ4n) is 2.44. The molecule has 16 heavy (non-hydrogen) atoms. The molecule has 1 amide bonds. The third-order valence-corrected chi connectivity index (χ3v) is 3.34. The molecule has 5 heteroatoms. The number of hydrogen-bond acceptors (Lipinski definition) is 4. The van der Waals surface area contributed by atoms with Crippen LogP contribution in [0.4, 0.5) is 0 Å². The molecule has 0 aliphatic carbocycles. The van der Waals surface area contributed by atoms with Gasteiger partial charge in [-0.15, -0.1) is 0 Å². The second-order valence-electron chi connectivity index (χ2n) is 4.49. The Kier molecular flexibility index (Phi) is 3.78. The van der Waals surface area contributed by atoms with Crippen molar-refractivity contribution >= 4 is 5.91 Å². The molecule has 0 spiro atoms. The Morgan fingerprint density at radius 2 is 2.38 bits per heavy atom. The summed E-state index contributed by atoms with van der Waals surface area (Å²) < 4.78 is 5.40.